The lowest BCUT2D eigenvalue weighted by atomic mass is 10.5. The third kappa shape index (κ3) is 4.41. The van der Waals surface area contributed by atoms with Crippen molar-refractivity contribution in [2.75, 3.05) is 6.61 Å². The molecular formula is C5H10O4P+. The summed E-state index contributed by atoms with van der Waals surface area (Å²) in [6, 6.07) is 0. The summed E-state index contributed by atoms with van der Waals surface area (Å²) in [6.07, 6.45) is 0.216. The second-order valence-corrected chi connectivity index (χ2v) is 2.35. The van der Waals surface area contributed by atoms with E-state index in [0.29, 0.717) is 0 Å². The first-order chi connectivity index (χ1) is 4.70. The highest BCUT2D eigenvalue weighted by molar-refractivity contribution is 7.34. The van der Waals surface area contributed by atoms with Crippen LogP contribution in [0.25, 0.3) is 0 Å². The molecule has 10 heavy (non-hydrogen) atoms. The first kappa shape index (κ1) is 9.53. The average molecular weight is 165 g/mol. The van der Waals surface area contributed by atoms with Gasteiger partial charge in [0.2, 0.25) is 0 Å². The van der Waals surface area contributed by atoms with Crippen molar-refractivity contribution in [3.05, 3.63) is 0 Å². The Morgan fingerprint density at radius 3 is 2.50 bits per heavy atom. The quantitative estimate of drug-likeness (QED) is 0.594. The van der Waals surface area contributed by atoms with Crippen LogP contribution in [0.1, 0.15) is 20.3 Å². The second-order valence-electron chi connectivity index (χ2n) is 1.46. The van der Waals surface area contributed by atoms with Crippen molar-refractivity contribution >= 4 is 14.2 Å². The number of hydrogen-bond donors (Lipinski definition) is 0. The molecule has 0 radical (unpaired) electrons. The summed E-state index contributed by atoms with van der Waals surface area (Å²) < 4.78 is 19.3. The minimum Gasteiger partial charge on any atom is -0.247 e. The van der Waals surface area contributed by atoms with Crippen LogP contribution in [0.2, 0.25) is 0 Å². The molecule has 0 saturated heterocycles. The Balaban J connectivity index is 3.47. The fourth-order valence-corrected chi connectivity index (χ4v) is 0.838. The van der Waals surface area contributed by atoms with Gasteiger partial charge in [-0.1, -0.05) is 6.92 Å². The lowest BCUT2D eigenvalue weighted by Crippen LogP contribution is -1.95. The molecule has 0 bridgehead atoms. The smallest absolute Gasteiger partial charge is 0.247 e. The van der Waals surface area contributed by atoms with Crippen LogP contribution in [0, 0.1) is 0 Å². The fourth-order valence-electron chi connectivity index (χ4n) is 0.279. The fraction of sp³-hybridized carbons (Fsp3) is 0.800. The van der Waals surface area contributed by atoms with E-state index in [1.807, 2.05) is 0 Å². The maximum atomic E-state index is 10.5. The van der Waals surface area contributed by atoms with Crippen LogP contribution in [0.3, 0.4) is 0 Å². The normalized spacial score (nSPS) is 10.8. The number of hydrogen-bond acceptors (Lipinski definition) is 4. The molecule has 0 aromatic carbocycles. The predicted octanol–water partition coefficient (Wildman–Crippen LogP) is 1.63. The SMILES string of the molecule is CCO[P+](=O)OC(=O)CC. The van der Waals surface area contributed by atoms with Crippen molar-refractivity contribution < 1.29 is 18.4 Å². The molecule has 0 N–H and O–H groups in total. The molecule has 0 fully saturated rings. The zero-order valence-electron chi connectivity index (χ0n) is 5.99. The van der Waals surface area contributed by atoms with Gasteiger partial charge in [-0.2, -0.15) is 4.52 Å². The Morgan fingerprint density at radius 2 is 2.10 bits per heavy atom. The molecule has 0 heterocycles. The Bertz CT molecular complexity index is 134. The lowest BCUT2D eigenvalue weighted by molar-refractivity contribution is -0.134. The summed E-state index contributed by atoms with van der Waals surface area (Å²) in [5, 5.41) is 0. The van der Waals surface area contributed by atoms with Crippen LogP contribution in [-0.2, 0) is 18.4 Å². The van der Waals surface area contributed by atoms with Gasteiger partial charge < -0.3 is 0 Å². The summed E-state index contributed by atoms with van der Waals surface area (Å²) in [7, 11) is -2.23. The molecule has 0 aliphatic rings. The van der Waals surface area contributed by atoms with Gasteiger partial charge >= 0.3 is 14.2 Å². The minimum absolute atomic E-state index is 0.216. The Hall–Kier alpha value is -0.470. The molecule has 58 valence electrons. The van der Waals surface area contributed by atoms with E-state index in [9.17, 15) is 9.36 Å². The van der Waals surface area contributed by atoms with Gasteiger partial charge in [0.15, 0.2) is 0 Å². The molecular weight excluding hydrogens is 155 g/mol. The van der Waals surface area contributed by atoms with Crippen LogP contribution < -0.4 is 0 Å². The number of rotatable bonds is 4. The van der Waals surface area contributed by atoms with Gasteiger partial charge in [-0.05, 0) is 6.92 Å². The van der Waals surface area contributed by atoms with Crippen molar-refractivity contribution in [2.45, 2.75) is 20.3 Å². The monoisotopic (exact) mass is 165 g/mol. The standard InChI is InChI=1S/C5H10O4P/c1-3-5(6)9-10(7)8-4-2/h3-4H2,1-2H3/q+1. The zero-order valence-corrected chi connectivity index (χ0v) is 6.89. The van der Waals surface area contributed by atoms with Gasteiger partial charge in [-0.25, -0.2) is 4.79 Å². The average Bonchev–Trinajstić information content (AvgIpc) is 1.88. The highest BCUT2D eigenvalue weighted by atomic mass is 31.1. The van der Waals surface area contributed by atoms with E-state index in [0.717, 1.165) is 0 Å². The van der Waals surface area contributed by atoms with Crippen LogP contribution in [-0.4, -0.2) is 12.6 Å². The van der Waals surface area contributed by atoms with Crippen LogP contribution in [0.4, 0.5) is 0 Å². The van der Waals surface area contributed by atoms with E-state index in [-0.39, 0.29) is 13.0 Å². The molecule has 0 saturated carbocycles. The third-order valence-electron chi connectivity index (χ3n) is 0.700. The first-order valence-corrected chi connectivity index (χ1v) is 4.11. The van der Waals surface area contributed by atoms with E-state index in [1.54, 1.807) is 13.8 Å². The van der Waals surface area contributed by atoms with Gasteiger partial charge in [-0.3, -0.25) is 0 Å². The van der Waals surface area contributed by atoms with Crippen LogP contribution in [0.5, 0.6) is 0 Å². The van der Waals surface area contributed by atoms with Gasteiger partial charge in [0, 0.05) is 11.0 Å². The molecule has 0 spiro atoms. The maximum absolute atomic E-state index is 10.5. The Kier molecular flexibility index (Phi) is 5.08. The number of carbonyl (C=O) groups is 1. The molecule has 5 heteroatoms. The van der Waals surface area contributed by atoms with E-state index < -0.39 is 14.2 Å². The molecule has 0 rings (SSSR count). The van der Waals surface area contributed by atoms with E-state index in [4.69, 9.17) is 0 Å². The molecule has 1 unspecified atom stereocenters. The predicted molar refractivity (Wildman–Crippen MR) is 35.6 cm³/mol. The summed E-state index contributed by atoms with van der Waals surface area (Å²) in [4.78, 5) is 10.4. The molecule has 0 aromatic heterocycles. The minimum atomic E-state index is -2.23. The van der Waals surface area contributed by atoms with Gasteiger partial charge in [0.25, 0.3) is 0 Å². The van der Waals surface area contributed by atoms with Crippen LogP contribution >= 0.6 is 8.25 Å². The van der Waals surface area contributed by atoms with Crippen molar-refractivity contribution in [1.82, 2.24) is 0 Å². The summed E-state index contributed by atoms with van der Waals surface area (Å²) in [5.41, 5.74) is 0. The molecule has 0 aromatic rings. The second kappa shape index (κ2) is 5.33. The summed E-state index contributed by atoms with van der Waals surface area (Å²) >= 11 is 0. The molecule has 1 atom stereocenters. The zero-order chi connectivity index (χ0) is 7.98. The van der Waals surface area contributed by atoms with E-state index in [1.165, 1.54) is 0 Å². The first-order valence-electron chi connectivity index (χ1n) is 3.01. The lowest BCUT2D eigenvalue weighted by Gasteiger charge is -1.83. The largest absolute Gasteiger partial charge is 0.753 e. The number of carbonyl (C=O) groups excluding carboxylic acids is 1. The van der Waals surface area contributed by atoms with E-state index in [2.05, 4.69) is 9.05 Å². The summed E-state index contributed by atoms with van der Waals surface area (Å²) in [5.74, 6) is -0.505. The Morgan fingerprint density at radius 1 is 1.50 bits per heavy atom. The topological polar surface area (TPSA) is 52.6 Å². The summed E-state index contributed by atoms with van der Waals surface area (Å²) in [6.45, 7) is 3.58. The maximum Gasteiger partial charge on any atom is 0.753 e. The van der Waals surface area contributed by atoms with Crippen molar-refractivity contribution in [3.63, 3.8) is 0 Å². The van der Waals surface area contributed by atoms with Crippen molar-refractivity contribution in [2.24, 2.45) is 0 Å². The van der Waals surface area contributed by atoms with Gasteiger partial charge in [0.05, 0.1) is 0 Å². The highest BCUT2D eigenvalue weighted by Crippen LogP contribution is 2.23. The molecule has 0 amide bonds. The molecule has 0 aliphatic heterocycles. The molecule has 4 nitrogen and oxygen atoms in total. The third-order valence-corrected chi connectivity index (χ3v) is 1.52. The van der Waals surface area contributed by atoms with Crippen molar-refractivity contribution in [3.8, 4) is 0 Å². The Labute approximate surface area is 60.5 Å². The van der Waals surface area contributed by atoms with Gasteiger partial charge in [0.1, 0.15) is 6.61 Å². The van der Waals surface area contributed by atoms with E-state index >= 15 is 0 Å². The van der Waals surface area contributed by atoms with Crippen LogP contribution in [0.15, 0.2) is 0 Å². The highest BCUT2D eigenvalue weighted by Gasteiger charge is 2.23. The molecule has 0 aliphatic carbocycles. The van der Waals surface area contributed by atoms with Gasteiger partial charge in [-0.15, -0.1) is 4.52 Å². The van der Waals surface area contributed by atoms with Crippen molar-refractivity contribution in [1.29, 1.82) is 0 Å².